The van der Waals surface area contributed by atoms with E-state index in [0.29, 0.717) is 12.8 Å². The Morgan fingerprint density at radius 1 is 1.25 bits per heavy atom. The van der Waals surface area contributed by atoms with E-state index in [1.807, 2.05) is 0 Å². The Labute approximate surface area is 92.1 Å². The van der Waals surface area contributed by atoms with E-state index in [1.165, 1.54) is 6.07 Å². The van der Waals surface area contributed by atoms with Gasteiger partial charge in [-0.05, 0) is 25.0 Å². The molecule has 16 heavy (non-hydrogen) atoms. The number of aliphatic hydroxyl groups excluding tert-OH is 1. The number of rotatable bonds is 5. The first-order valence-corrected chi connectivity index (χ1v) is 5.00. The first-order valence-electron chi connectivity index (χ1n) is 5.00. The standard InChI is InChI=1S/C11H13F2NO2/c12-8-4-3-5-9(13)11(8)14-10(16)6-1-2-7-15/h3-5,15H,1-2,6-7H2,(H,14,16). The minimum absolute atomic E-state index is 0.00133. The molecule has 0 aliphatic carbocycles. The summed E-state index contributed by atoms with van der Waals surface area (Å²) in [4.78, 5) is 11.3. The molecule has 0 radical (unpaired) electrons. The van der Waals surface area contributed by atoms with Crippen molar-refractivity contribution in [3.8, 4) is 0 Å². The van der Waals surface area contributed by atoms with Gasteiger partial charge in [0.2, 0.25) is 5.91 Å². The third-order valence-corrected chi connectivity index (χ3v) is 2.04. The van der Waals surface area contributed by atoms with Gasteiger partial charge in [0, 0.05) is 13.0 Å². The lowest BCUT2D eigenvalue weighted by Crippen LogP contribution is -2.13. The Morgan fingerprint density at radius 3 is 2.44 bits per heavy atom. The molecule has 0 heterocycles. The van der Waals surface area contributed by atoms with Gasteiger partial charge in [0.15, 0.2) is 0 Å². The van der Waals surface area contributed by atoms with Gasteiger partial charge in [-0.3, -0.25) is 4.79 Å². The molecule has 1 amide bonds. The fourth-order valence-electron chi connectivity index (χ4n) is 1.22. The van der Waals surface area contributed by atoms with E-state index < -0.39 is 23.2 Å². The van der Waals surface area contributed by atoms with Crippen LogP contribution < -0.4 is 5.32 Å². The summed E-state index contributed by atoms with van der Waals surface area (Å²) in [7, 11) is 0. The van der Waals surface area contributed by atoms with Crippen molar-refractivity contribution in [2.24, 2.45) is 0 Å². The van der Waals surface area contributed by atoms with Crippen LogP contribution in [0.5, 0.6) is 0 Å². The third kappa shape index (κ3) is 3.58. The molecule has 0 bridgehead atoms. The van der Waals surface area contributed by atoms with Crippen LogP contribution in [0.3, 0.4) is 0 Å². The van der Waals surface area contributed by atoms with Crippen molar-refractivity contribution in [3.63, 3.8) is 0 Å². The van der Waals surface area contributed by atoms with Crippen LogP contribution in [0.15, 0.2) is 18.2 Å². The molecule has 1 rings (SSSR count). The Hall–Kier alpha value is -1.49. The van der Waals surface area contributed by atoms with Crippen LogP contribution in [0.25, 0.3) is 0 Å². The van der Waals surface area contributed by atoms with Crippen molar-refractivity contribution in [2.75, 3.05) is 11.9 Å². The predicted molar refractivity (Wildman–Crippen MR) is 55.9 cm³/mol. The number of para-hydroxylation sites is 1. The van der Waals surface area contributed by atoms with E-state index in [-0.39, 0.29) is 13.0 Å². The third-order valence-electron chi connectivity index (χ3n) is 2.04. The second-order valence-corrected chi connectivity index (χ2v) is 3.33. The molecule has 0 saturated heterocycles. The Balaban J connectivity index is 2.56. The number of hydrogen-bond donors (Lipinski definition) is 2. The topological polar surface area (TPSA) is 49.3 Å². The summed E-state index contributed by atoms with van der Waals surface area (Å²) in [6, 6.07) is 3.38. The second kappa shape index (κ2) is 6.17. The van der Waals surface area contributed by atoms with E-state index in [4.69, 9.17) is 5.11 Å². The number of anilines is 1. The zero-order chi connectivity index (χ0) is 12.0. The average molecular weight is 229 g/mol. The fraction of sp³-hybridized carbons (Fsp3) is 0.364. The van der Waals surface area contributed by atoms with Gasteiger partial charge in [-0.25, -0.2) is 8.78 Å². The highest BCUT2D eigenvalue weighted by Gasteiger charge is 2.11. The van der Waals surface area contributed by atoms with Gasteiger partial charge < -0.3 is 10.4 Å². The highest BCUT2D eigenvalue weighted by molar-refractivity contribution is 5.90. The zero-order valence-corrected chi connectivity index (χ0v) is 8.67. The van der Waals surface area contributed by atoms with Crippen LogP contribution in [0.4, 0.5) is 14.5 Å². The maximum absolute atomic E-state index is 13.1. The molecule has 2 N–H and O–H groups in total. The molecular weight excluding hydrogens is 216 g/mol. The highest BCUT2D eigenvalue weighted by atomic mass is 19.1. The maximum atomic E-state index is 13.1. The molecule has 0 spiro atoms. The molecule has 0 fully saturated rings. The molecular formula is C11H13F2NO2. The molecule has 0 saturated carbocycles. The van der Waals surface area contributed by atoms with E-state index in [1.54, 1.807) is 0 Å². The van der Waals surface area contributed by atoms with E-state index in [2.05, 4.69) is 5.32 Å². The smallest absolute Gasteiger partial charge is 0.224 e. The van der Waals surface area contributed by atoms with Gasteiger partial charge in [0.1, 0.15) is 17.3 Å². The number of nitrogens with one attached hydrogen (secondary N) is 1. The number of carbonyl (C=O) groups is 1. The number of aliphatic hydroxyl groups is 1. The first-order chi connectivity index (χ1) is 7.65. The van der Waals surface area contributed by atoms with E-state index >= 15 is 0 Å². The Morgan fingerprint density at radius 2 is 1.88 bits per heavy atom. The number of hydrogen-bond acceptors (Lipinski definition) is 2. The van der Waals surface area contributed by atoms with Crippen molar-refractivity contribution in [1.29, 1.82) is 0 Å². The second-order valence-electron chi connectivity index (χ2n) is 3.33. The monoisotopic (exact) mass is 229 g/mol. The van der Waals surface area contributed by atoms with Crippen molar-refractivity contribution in [3.05, 3.63) is 29.8 Å². The summed E-state index contributed by atoms with van der Waals surface area (Å²) in [6.07, 6.45) is 1.11. The summed E-state index contributed by atoms with van der Waals surface area (Å²) >= 11 is 0. The number of amides is 1. The van der Waals surface area contributed by atoms with Gasteiger partial charge in [-0.15, -0.1) is 0 Å². The summed E-state index contributed by atoms with van der Waals surface area (Å²) in [5.74, 6) is -2.05. The lowest BCUT2D eigenvalue weighted by atomic mass is 10.2. The summed E-state index contributed by atoms with van der Waals surface area (Å²) < 4.78 is 26.2. The van der Waals surface area contributed by atoms with Gasteiger partial charge in [0.25, 0.3) is 0 Å². The molecule has 1 aromatic rings. The molecule has 3 nitrogen and oxygen atoms in total. The summed E-state index contributed by atoms with van der Waals surface area (Å²) in [5.41, 5.74) is -0.420. The number of halogens is 2. The average Bonchev–Trinajstić information content (AvgIpc) is 2.24. The van der Waals surface area contributed by atoms with Crippen molar-refractivity contribution >= 4 is 11.6 Å². The van der Waals surface area contributed by atoms with Crippen LogP contribution in [0.2, 0.25) is 0 Å². The van der Waals surface area contributed by atoms with Gasteiger partial charge >= 0.3 is 0 Å². The van der Waals surface area contributed by atoms with E-state index in [0.717, 1.165) is 12.1 Å². The normalized spacial score (nSPS) is 10.2. The minimum atomic E-state index is -0.796. The number of benzene rings is 1. The molecule has 1 aromatic carbocycles. The van der Waals surface area contributed by atoms with Crippen LogP contribution >= 0.6 is 0 Å². The zero-order valence-electron chi connectivity index (χ0n) is 8.67. The minimum Gasteiger partial charge on any atom is -0.396 e. The predicted octanol–water partition coefficient (Wildman–Crippen LogP) is 2.07. The maximum Gasteiger partial charge on any atom is 0.224 e. The Kier molecular flexibility index (Phi) is 4.85. The largest absolute Gasteiger partial charge is 0.396 e. The summed E-state index contributed by atoms with van der Waals surface area (Å²) in [6.45, 7) is 0.00133. The SMILES string of the molecule is O=C(CCCCO)Nc1c(F)cccc1F. The number of unbranched alkanes of at least 4 members (excludes halogenated alkanes) is 1. The first kappa shape index (κ1) is 12.6. The fourth-order valence-corrected chi connectivity index (χ4v) is 1.22. The molecule has 0 aliphatic rings. The quantitative estimate of drug-likeness (QED) is 0.759. The lowest BCUT2D eigenvalue weighted by molar-refractivity contribution is -0.116. The molecule has 0 aliphatic heterocycles. The van der Waals surface area contributed by atoms with Crippen LogP contribution in [-0.2, 0) is 4.79 Å². The van der Waals surface area contributed by atoms with Crippen LogP contribution in [-0.4, -0.2) is 17.6 Å². The van der Waals surface area contributed by atoms with Crippen molar-refractivity contribution in [1.82, 2.24) is 0 Å². The summed E-state index contributed by atoms with van der Waals surface area (Å²) in [5, 5.41) is 10.7. The Bertz CT molecular complexity index is 349. The molecule has 0 atom stereocenters. The van der Waals surface area contributed by atoms with Crippen LogP contribution in [0, 0.1) is 11.6 Å². The van der Waals surface area contributed by atoms with Gasteiger partial charge in [-0.1, -0.05) is 6.07 Å². The molecule has 5 heteroatoms. The molecule has 0 aromatic heterocycles. The van der Waals surface area contributed by atoms with Crippen molar-refractivity contribution < 1.29 is 18.7 Å². The lowest BCUT2D eigenvalue weighted by Gasteiger charge is -2.06. The van der Waals surface area contributed by atoms with Crippen LogP contribution in [0.1, 0.15) is 19.3 Å². The van der Waals surface area contributed by atoms with Gasteiger partial charge in [0.05, 0.1) is 0 Å². The van der Waals surface area contributed by atoms with E-state index in [9.17, 15) is 13.6 Å². The van der Waals surface area contributed by atoms with Crippen molar-refractivity contribution in [2.45, 2.75) is 19.3 Å². The molecule has 88 valence electrons. The number of carbonyl (C=O) groups excluding carboxylic acids is 1. The molecule has 0 unspecified atom stereocenters. The highest BCUT2D eigenvalue weighted by Crippen LogP contribution is 2.18. The van der Waals surface area contributed by atoms with Gasteiger partial charge in [-0.2, -0.15) is 0 Å².